The summed E-state index contributed by atoms with van der Waals surface area (Å²) in [4.78, 5) is 16.1. The first kappa shape index (κ1) is 10.6. The number of imidazole rings is 1. The molecule has 4 heteroatoms. The van der Waals surface area contributed by atoms with E-state index in [-0.39, 0.29) is 5.78 Å². The van der Waals surface area contributed by atoms with Gasteiger partial charge in [0.1, 0.15) is 6.73 Å². The number of benzene rings is 1. The molecule has 1 aromatic carbocycles. The van der Waals surface area contributed by atoms with E-state index in [9.17, 15) is 4.79 Å². The van der Waals surface area contributed by atoms with Crippen molar-refractivity contribution in [2.24, 2.45) is 0 Å². The minimum absolute atomic E-state index is 0.0948. The van der Waals surface area contributed by atoms with Gasteiger partial charge in [0.05, 0.1) is 0 Å². The van der Waals surface area contributed by atoms with Crippen molar-refractivity contribution in [3.05, 3.63) is 54.1 Å². The molecule has 0 atom stereocenters. The summed E-state index contributed by atoms with van der Waals surface area (Å²) in [6.45, 7) is 0.327. The van der Waals surface area contributed by atoms with Gasteiger partial charge in [0.25, 0.3) is 0 Å². The Bertz CT molecular complexity index is 477. The van der Waals surface area contributed by atoms with Crippen LogP contribution in [-0.2, 0) is 11.5 Å². The van der Waals surface area contributed by atoms with E-state index in [1.54, 1.807) is 36.2 Å². The number of hydrogen-bond donors (Lipinski definition) is 0. The monoisotopic (exact) mass is 216 g/mol. The summed E-state index contributed by atoms with van der Waals surface area (Å²) in [5, 5.41) is 0. The Morgan fingerprint density at radius 1 is 1.38 bits per heavy atom. The molecule has 0 aliphatic carbocycles. The molecule has 0 N–H and O–H groups in total. The van der Waals surface area contributed by atoms with Gasteiger partial charge in [-0.2, -0.15) is 0 Å². The molecule has 1 heterocycles. The predicted octanol–water partition coefficient (Wildman–Crippen LogP) is 1.72. The number of rotatable bonds is 4. The van der Waals surface area contributed by atoms with Gasteiger partial charge in [-0.15, -0.1) is 0 Å². The number of methoxy groups -OCH3 is 1. The van der Waals surface area contributed by atoms with Crippen molar-refractivity contribution >= 4 is 5.78 Å². The maximum Gasteiger partial charge on any atom is 0.228 e. The molecule has 1 aromatic heterocycles. The molecule has 0 unspecified atom stereocenters. The van der Waals surface area contributed by atoms with E-state index < -0.39 is 0 Å². The molecule has 0 bridgehead atoms. The van der Waals surface area contributed by atoms with E-state index in [0.717, 1.165) is 0 Å². The summed E-state index contributed by atoms with van der Waals surface area (Å²) < 4.78 is 6.66. The van der Waals surface area contributed by atoms with Gasteiger partial charge in [0.15, 0.2) is 5.82 Å². The minimum Gasteiger partial charge on any atom is -0.364 e. The largest absolute Gasteiger partial charge is 0.364 e. The second kappa shape index (κ2) is 4.72. The van der Waals surface area contributed by atoms with E-state index in [0.29, 0.717) is 18.1 Å². The lowest BCUT2D eigenvalue weighted by atomic mass is 10.1. The van der Waals surface area contributed by atoms with E-state index in [2.05, 4.69) is 4.98 Å². The van der Waals surface area contributed by atoms with Gasteiger partial charge in [-0.3, -0.25) is 4.79 Å². The Morgan fingerprint density at radius 3 is 2.81 bits per heavy atom. The van der Waals surface area contributed by atoms with Gasteiger partial charge in [0.2, 0.25) is 5.78 Å². The van der Waals surface area contributed by atoms with Crippen molar-refractivity contribution in [1.29, 1.82) is 0 Å². The molecule has 16 heavy (non-hydrogen) atoms. The molecular formula is C12H12N2O2. The van der Waals surface area contributed by atoms with Crippen LogP contribution in [0.25, 0.3) is 0 Å². The van der Waals surface area contributed by atoms with Crippen molar-refractivity contribution in [2.75, 3.05) is 7.11 Å². The molecule has 0 saturated heterocycles. The number of carbonyl (C=O) groups is 1. The molecule has 0 fully saturated rings. The highest BCUT2D eigenvalue weighted by molar-refractivity contribution is 6.06. The van der Waals surface area contributed by atoms with Crippen LogP contribution in [0, 0.1) is 0 Å². The van der Waals surface area contributed by atoms with Gasteiger partial charge >= 0.3 is 0 Å². The Balaban J connectivity index is 2.31. The average molecular weight is 216 g/mol. The van der Waals surface area contributed by atoms with E-state index >= 15 is 0 Å². The summed E-state index contributed by atoms with van der Waals surface area (Å²) in [5.74, 6) is 0.302. The molecule has 0 amide bonds. The zero-order valence-corrected chi connectivity index (χ0v) is 8.96. The summed E-state index contributed by atoms with van der Waals surface area (Å²) >= 11 is 0. The van der Waals surface area contributed by atoms with E-state index in [1.165, 1.54) is 0 Å². The van der Waals surface area contributed by atoms with Crippen LogP contribution >= 0.6 is 0 Å². The van der Waals surface area contributed by atoms with Crippen molar-refractivity contribution in [3.63, 3.8) is 0 Å². The molecule has 4 nitrogen and oxygen atoms in total. The summed E-state index contributed by atoms with van der Waals surface area (Å²) in [6.07, 6.45) is 3.31. The summed E-state index contributed by atoms with van der Waals surface area (Å²) in [7, 11) is 1.58. The first-order chi connectivity index (χ1) is 7.83. The Labute approximate surface area is 93.5 Å². The quantitative estimate of drug-likeness (QED) is 0.731. The highest BCUT2D eigenvalue weighted by atomic mass is 16.5. The van der Waals surface area contributed by atoms with Crippen molar-refractivity contribution in [2.45, 2.75) is 6.73 Å². The summed E-state index contributed by atoms with van der Waals surface area (Å²) in [5.41, 5.74) is 0.631. The van der Waals surface area contributed by atoms with Gasteiger partial charge in [0, 0.05) is 25.1 Å². The fourth-order valence-corrected chi connectivity index (χ4v) is 1.48. The molecule has 82 valence electrons. The molecule has 0 saturated carbocycles. The average Bonchev–Trinajstić information content (AvgIpc) is 2.78. The first-order valence-electron chi connectivity index (χ1n) is 4.92. The smallest absolute Gasteiger partial charge is 0.228 e. The van der Waals surface area contributed by atoms with Crippen LogP contribution in [0.2, 0.25) is 0 Å². The van der Waals surface area contributed by atoms with Crippen LogP contribution in [0.5, 0.6) is 0 Å². The molecule has 0 spiro atoms. The fraction of sp³-hybridized carbons (Fsp3) is 0.167. The summed E-state index contributed by atoms with van der Waals surface area (Å²) in [6, 6.07) is 9.08. The van der Waals surface area contributed by atoms with E-state index in [4.69, 9.17) is 4.74 Å². The van der Waals surface area contributed by atoms with Crippen molar-refractivity contribution in [3.8, 4) is 0 Å². The van der Waals surface area contributed by atoms with Crippen LogP contribution in [-0.4, -0.2) is 22.4 Å². The lowest BCUT2D eigenvalue weighted by Crippen LogP contribution is -2.12. The second-order valence-corrected chi connectivity index (χ2v) is 3.33. The highest BCUT2D eigenvalue weighted by Crippen LogP contribution is 2.08. The number of hydrogen-bond acceptors (Lipinski definition) is 3. The van der Waals surface area contributed by atoms with Crippen LogP contribution in [0.3, 0.4) is 0 Å². The molecular weight excluding hydrogens is 204 g/mol. The maximum atomic E-state index is 12.1. The zero-order chi connectivity index (χ0) is 11.4. The normalized spacial score (nSPS) is 10.3. The van der Waals surface area contributed by atoms with Crippen LogP contribution in [0.1, 0.15) is 16.2 Å². The van der Waals surface area contributed by atoms with Crippen molar-refractivity contribution < 1.29 is 9.53 Å². The minimum atomic E-state index is -0.0948. The van der Waals surface area contributed by atoms with Gasteiger partial charge < -0.3 is 9.30 Å². The molecule has 2 rings (SSSR count). The fourth-order valence-electron chi connectivity index (χ4n) is 1.48. The molecule has 0 aliphatic rings. The van der Waals surface area contributed by atoms with Crippen LogP contribution in [0.4, 0.5) is 0 Å². The lowest BCUT2D eigenvalue weighted by Gasteiger charge is -2.05. The third-order valence-corrected chi connectivity index (χ3v) is 2.22. The first-order valence-corrected chi connectivity index (χ1v) is 4.92. The third kappa shape index (κ3) is 2.01. The van der Waals surface area contributed by atoms with Gasteiger partial charge in [-0.25, -0.2) is 4.98 Å². The third-order valence-electron chi connectivity index (χ3n) is 2.22. The molecule has 0 aliphatic heterocycles. The van der Waals surface area contributed by atoms with Gasteiger partial charge in [-0.1, -0.05) is 30.3 Å². The number of carbonyl (C=O) groups excluding carboxylic acids is 1. The maximum absolute atomic E-state index is 12.1. The highest BCUT2D eigenvalue weighted by Gasteiger charge is 2.14. The Kier molecular flexibility index (Phi) is 3.12. The standard InChI is InChI=1S/C12H12N2O2/c1-16-9-14-8-7-13-12(14)11(15)10-5-3-2-4-6-10/h2-8H,9H2,1H3. The number of nitrogens with zero attached hydrogens (tertiary/aromatic N) is 2. The number of ether oxygens (including phenoxy) is 1. The zero-order valence-electron chi connectivity index (χ0n) is 8.96. The number of ketones is 1. The Morgan fingerprint density at radius 2 is 2.12 bits per heavy atom. The van der Waals surface area contributed by atoms with Gasteiger partial charge in [-0.05, 0) is 0 Å². The topological polar surface area (TPSA) is 44.1 Å². The molecule has 0 radical (unpaired) electrons. The SMILES string of the molecule is COCn1ccnc1C(=O)c1ccccc1. The van der Waals surface area contributed by atoms with E-state index in [1.807, 2.05) is 18.2 Å². The van der Waals surface area contributed by atoms with Crippen LogP contribution < -0.4 is 0 Å². The van der Waals surface area contributed by atoms with Crippen LogP contribution in [0.15, 0.2) is 42.7 Å². The molecule has 2 aromatic rings. The predicted molar refractivity (Wildman–Crippen MR) is 59.1 cm³/mol. The Hall–Kier alpha value is -1.94. The lowest BCUT2D eigenvalue weighted by molar-refractivity contribution is 0.0982. The van der Waals surface area contributed by atoms with Crippen molar-refractivity contribution in [1.82, 2.24) is 9.55 Å². The second-order valence-electron chi connectivity index (χ2n) is 3.33. The number of aromatic nitrogens is 2.